The lowest BCUT2D eigenvalue weighted by Crippen LogP contribution is -2.29. The molecule has 1 N–H and O–H groups in total. The van der Waals surface area contributed by atoms with Gasteiger partial charge in [-0.3, -0.25) is 4.79 Å². The quantitative estimate of drug-likeness (QED) is 0.935. The zero-order chi connectivity index (χ0) is 14.4. The van der Waals surface area contributed by atoms with Gasteiger partial charge in [0.15, 0.2) is 0 Å². The fourth-order valence-corrected chi connectivity index (χ4v) is 3.47. The van der Waals surface area contributed by atoms with Gasteiger partial charge in [0.1, 0.15) is 5.75 Å². The highest BCUT2D eigenvalue weighted by atomic mass is 16.5. The van der Waals surface area contributed by atoms with Gasteiger partial charge in [0, 0.05) is 23.9 Å². The smallest absolute Gasteiger partial charge is 0.223 e. The summed E-state index contributed by atoms with van der Waals surface area (Å²) < 4.78 is 5.56. The van der Waals surface area contributed by atoms with Crippen LogP contribution in [0, 0.1) is 5.92 Å². The Labute approximate surface area is 124 Å². The normalized spacial score (nSPS) is 19.8. The maximum Gasteiger partial charge on any atom is 0.223 e. The molecule has 1 amide bonds. The molecule has 0 aliphatic heterocycles. The van der Waals surface area contributed by atoms with Crippen molar-refractivity contribution in [2.24, 2.45) is 5.92 Å². The average Bonchev–Trinajstić information content (AvgIpc) is 3.29. The second-order valence-corrected chi connectivity index (χ2v) is 6.12. The monoisotopic (exact) mass is 281 g/mol. The maximum absolute atomic E-state index is 11.9. The van der Waals surface area contributed by atoms with Crippen LogP contribution in [0.15, 0.2) is 30.3 Å². The number of hydrogen-bond donors (Lipinski definition) is 1. The molecule has 1 unspecified atom stereocenters. The van der Waals surface area contributed by atoms with Gasteiger partial charge < -0.3 is 10.1 Å². The van der Waals surface area contributed by atoms with Gasteiger partial charge in [-0.1, -0.05) is 24.3 Å². The van der Waals surface area contributed by atoms with Gasteiger partial charge in [0.05, 0.1) is 7.11 Å². The van der Waals surface area contributed by atoms with E-state index in [2.05, 4.69) is 29.6 Å². The lowest BCUT2D eigenvalue weighted by Gasteiger charge is -2.16. The van der Waals surface area contributed by atoms with Gasteiger partial charge in [-0.15, -0.1) is 0 Å². The SMILES string of the molecule is COc1ccc2cccc3c2c1C(CNC(=O)C1CC1)C3. The Morgan fingerprint density at radius 1 is 1.29 bits per heavy atom. The van der Waals surface area contributed by atoms with Crippen molar-refractivity contribution in [3.63, 3.8) is 0 Å². The van der Waals surface area contributed by atoms with Gasteiger partial charge in [-0.25, -0.2) is 0 Å². The lowest BCUT2D eigenvalue weighted by molar-refractivity contribution is -0.122. The summed E-state index contributed by atoms with van der Waals surface area (Å²) in [5.74, 6) is 1.76. The van der Waals surface area contributed by atoms with E-state index in [1.54, 1.807) is 7.11 Å². The minimum atomic E-state index is 0.220. The number of hydrogen-bond acceptors (Lipinski definition) is 2. The Morgan fingerprint density at radius 3 is 2.90 bits per heavy atom. The summed E-state index contributed by atoms with van der Waals surface area (Å²) in [5.41, 5.74) is 2.63. The van der Waals surface area contributed by atoms with Gasteiger partial charge in [-0.2, -0.15) is 0 Å². The van der Waals surface area contributed by atoms with E-state index in [0.717, 1.165) is 25.0 Å². The molecule has 3 nitrogen and oxygen atoms in total. The van der Waals surface area contributed by atoms with Gasteiger partial charge in [0.25, 0.3) is 0 Å². The zero-order valence-corrected chi connectivity index (χ0v) is 12.2. The molecule has 0 spiro atoms. The van der Waals surface area contributed by atoms with Crippen LogP contribution in [-0.2, 0) is 11.2 Å². The number of nitrogens with one attached hydrogen (secondary N) is 1. The molecule has 0 saturated heterocycles. The Morgan fingerprint density at radius 2 is 2.14 bits per heavy atom. The molecule has 1 fully saturated rings. The Hall–Kier alpha value is -2.03. The summed E-state index contributed by atoms with van der Waals surface area (Å²) in [5, 5.41) is 5.71. The highest BCUT2D eigenvalue weighted by molar-refractivity contribution is 5.93. The molecule has 0 radical (unpaired) electrons. The molecule has 3 heteroatoms. The second-order valence-electron chi connectivity index (χ2n) is 6.12. The second kappa shape index (κ2) is 4.76. The largest absolute Gasteiger partial charge is 0.496 e. The van der Waals surface area contributed by atoms with Crippen molar-refractivity contribution in [2.45, 2.75) is 25.2 Å². The Kier molecular flexibility index (Phi) is 2.88. The van der Waals surface area contributed by atoms with Crippen LogP contribution >= 0.6 is 0 Å². The fraction of sp³-hybridized carbons (Fsp3) is 0.389. The number of methoxy groups -OCH3 is 1. The van der Waals surface area contributed by atoms with Gasteiger partial charge >= 0.3 is 0 Å². The number of benzene rings is 2. The zero-order valence-electron chi connectivity index (χ0n) is 12.2. The Balaban J connectivity index is 1.67. The minimum Gasteiger partial charge on any atom is -0.496 e. The van der Waals surface area contributed by atoms with Crippen LogP contribution in [0.3, 0.4) is 0 Å². The number of amides is 1. The predicted octanol–water partition coefficient (Wildman–Crippen LogP) is 3.01. The predicted molar refractivity (Wildman–Crippen MR) is 82.7 cm³/mol. The molecule has 4 rings (SSSR count). The number of carbonyl (C=O) groups excluding carboxylic acids is 1. The molecule has 0 bridgehead atoms. The first-order valence-electron chi connectivity index (χ1n) is 7.64. The molecular weight excluding hydrogens is 262 g/mol. The van der Waals surface area contributed by atoms with E-state index in [0.29, 0.717) is 12.5 Å². The van der Waals surface area contributed by atoms with E-state index in [-0.39, 0.29) is 11.8 Å². The third kappa shape index (κ3) is 2.08. The van der Waals surface area contributed by atoms with E-state index in [9.17, 15) is 4.79 Å². The first-order chi connectivity index (χ1) is 10.3. The van der Waals surface area contributed by atoms with Gasteiger partial charge in [0.2, 0.25) is 5.91 Å². The summed E-state index contributed by atoms with van der Waals surface area (Å²) in [6, 6.07) is 10.6. The molecule has 2 aromatic carbocycles. The van der Waals surface area contributed by atoms with E-state index >= 15 is 0 Å². The topological polar surface area (TPSA) is 38.3 Å². The number of carbonyl (C=O) groups is 1. The van der Waals surface area contributed by atoms with Crippen LogP contribution in [0.25, 0.3) is 10.8 Å². The average molecular weight is 281 g/mol. The lowest BCUT2D eigenvalue weighted by atomic mass is 9.98. The van der Waals surface area contributed by atoms with E-state index < -0.39 is 0 Å². The van der Waals surface area contributed by atoms with Crippen molar-refractivity contribution in [1.82, 2.24) is 5.32 Å². The Bertz CT molecular complexity index is 718. The summed E-state index contributed by atoms with van der Waals surface area (Å²) in [4.78, 5) is 11.9. The highest BCUT2D eigenvalue weighted by Crippen LogP contribution is 2.43. The molecule has 108 valence electrons. The first kappa shape index (κ1) is 12.7. The maximum atomic E-state index is 11.9. The van der Waals surface area contributed by atoms with Crippen molar-refractivity contribution < 1.29 is 9.53 Å². The van der Waals surface area contributed by atoms with Crippen LogP contribution in [0.2, 0.25) is 0 Å². The van der Waals surface area contributed by atoms with E-state index in [4.69, 9.17) is 4.74 Å². The van der Waals surface area contributed by atoms with Crippen LogP contribution in [0.1, 0.15) is 29.9 Å². The van der Waals surface area contributed by atoms with Gasteiger partial charge in [-0.05, 0) is 41.7 Å². The van der Waals surface area contributed by atoms with Crippen molar-refractivity contribution in [3.05, 3.63) is 41.5 Å². The van der Waals surface area contributed by atoms with Crippen LogP contribution < -0.4 is 10.1 Å². The van der Waals surface area contributed by atoms with Crippen molar-refractivity contribution in [3.8, 4) is 5.75 Å². The number of ether oxygens (including phenoxy) is 1. The summed E-state index contributed by atoms with van der Waals surface area (Å²) >= 11 is 0. The highest BCUT2D eigenvalue weighted by Gasteiger charge is 2.32. The summed E-state index contributed by atoms with van der Waals surface area (Å²) in [7, 11) is 1.72. The standard InChI is InChI=1S/C18H19NO2/c1-21-15-8-7-11-3-2-4-13-9-14(17(15)16(11)13)10-19-18(20)12-5-6-12/h2-4,7-8,12,14H,5-6,9-10H2,1H3,(H,19,20). The third-order valence-corrected chi connectivity index (χ3v) is 4.70. The van der Waals surface area contributed by atoms with Crippen molar-refractivity contribution in [1.29, 1.82) is 0 Å². The third-order valence-electron chi connectivity index (χ3n) is 4.70. The minimum absolute atomic E-state index is 0.220. The molecule has 0 heterocycles. The molecule has 1 saturated carbocycles. The molecule has 0 aromatic heterocycles. The number of rotatable bonds is 4. The molecule has 21 heavy (non-hydrogen) atoms. The first-order valence-corrected chi connectivity index (χ1v) is 7.64. The molecule has 2 aliphatic carbocycles. The summed E-state index contributed by atoms with van der Waals surface area (Å²) in [6.45, 7) is 0.708. The molecule has 2 aromatic rings. The van der Waals surface area contributed by atoms with E-state index in [1.165, 1.54) is 21.9 Å². The van der Waals surface area contributed by atoms with Crippen LogP contribution in [-0.4, -0.2) is 19.6 Å². The fourth-order valence-electron chi connectivity index (χ4n) is 3.47. The van der Waals surface area contributed by atoms with Crippen LogP contribution in [0.4, 0.5) is 0 Å². The van der Waals surface area contributed by atoms with Crippen molar-refractivity contribution >= 4 is 16.7 Å². The molecular formula is C18H19NO2. The van der Waals surface area contributed by atoms with Crippen LogP contribution in [0.5, 0.6) is 5.75 Å². The van der Waals surface area contributed by atoms with Crippen molar-refractivity contribution in [2.75, 3.05) is 13.7 Å². The summed E-state index contributed by atoms with van der Waals surface area (Å²) in [6.07, 6.45) is 3.09. The molecule has 1 atom stereocenters. The molecule has 2 aliphatic rings. The van der Waals surface area contributed by atoms with E-state index in [1.807, 2.05) is 6.07 Å².